The Balaban J connectivity index is 2.33. The molecule has 0 amide bonds. The van der Waals surface area contributed by atoms with Gasteiger partial charge in [-0.1, -0.05) is 11.2 Å². The maximum absolute atomic E-state index is 10.6. The summed E-state index contributed by atoms with van der Waals surface area (Å²) in [7, 11) is 6.77. The highest BCUT2D eigenvalue weighted by Crippen LogP contribution is 2.37. The van der Waals surface area contributed by atoms with Gasteiger partial charge in [0.15, 0.2) is 13.5 Å². The third kappa shape index (κ3) is 3.49. The summed E-state index contributed by atoms with van der Waals surface area (Å²) in [6.07, 6.45) is 1.63. The van der Waals surface area contributed by atoms with Gasteiger partial charge >= 0.3 is 7.12 Å². The number of hydrogen-bond acceptors (Lipinski definition) is 5. The van der Waals surface area contributed by atoms with E-state index in [0.717, 1.165) is 0 Å². The summed E-state index contributed by atoms with van der Waals surface area (Å²) in [5.41, 5.74) is -1.59. The molecule has 120 valence electrons. The van der Waals surface area contributed by atoms with Crippen LogP contribution in [0.3, 0.4) is 0 Å². The van der Waals surface area contributed by atoms with Crippen LogP contribution in [0.1, 0.15) is 27.7 Å². The standard InChI is InChI=1S/C13H24B5NO4/c1-10(2)11(3,4)23-18(22-10)8-6-5-7-19-9(8)21-13(17,20)12(14,15)16/h5-7,20H,14-17H2,1-4H3. The second kappa shape index (κ2) is 5.61. The van der Waals surface area contributed by atoms with Crippen LogP contribution in [0.15, 0.2) is 18.3 Å². The Morgan fingerprint density at radius 1 is 1.13 bits per heavy atom. The Bertz CT molecular complexity index is 572. The highest BCUT2D eigenvalue weighted by atomic mass is 16.7. The van der Waals surface area contributed by atoms with Crippen LogP contribution in [0.2, 0.25) is 5.11 Å². The molecule has 0 bridgehead atoms. The van der Waals surface area contributed by atoms with E-state index >= 15 is 0 Å². The number of hydrogen-bond donors (Lipinski definition) is 1. The first-order chi connectivity index (χ1) is 10.3. The predicted molar refractivity (Wildman–Crippen MR) is 102 cm³/mol. The van der Waals surface area contributed by atoms with Gasteiger partial charge in [-0.15, -0.1) is 0 Å². The van der Waals surface area contributed by atoms with E-state index in [9.17, 15) is 5.11 Å². The zero-order valence-electron chi connectivity index (χ0n) is 15.4. The molecule has 1 saturated heterocycles. The van der Waals surface area contributed by atoms with E-state index in [1.165, 1.54) is 0 Å². The van der Waals surface area contributed by atoms with Crippen LogP contribution in [0, 0.1) is 0 Å². The molecular formula is C13H24B5NO4. The molecule has 0 spiro atoms. The molecule has 2 heterocycles. The predicted octanol–water partition coefficient (Wildman–Crippen LogP) is -2.99. The maximum atomic E-state index is 10.6. The topological polar surface area (TPSA) is 60.8 Å². The first kappa shape index (κ1) is 18.5. The quantitative estimate of drug-likeness (QED) is 0.475. The Morgan fingerprint density at radius 3 is 2.13 bits per heavy atom. The molecule has 1 fully saturated rings. The molecule has 1 aromatic rings. The van der Waals surface area contributed by atoms with Crippen molar-refractivity contribution in [2.45, 2.75) is 49.7 Å². The highest BCUT2D eigenvalue weighted by molar-refractivity contribution is 6.63. The highest BCUT2D eigenvalue weighted by Gasteiger charge is 2.53. The van der Waals surface area contributed by atoms with Gasteiger partial charge in [0.05, 0.1) is 34.7 Å². The van der Waals surface area contributed by atoms with Crippen LogP contribution in [0.4, 0.5) is 0 Å². The van der Waals surface area contributed by atoms with E-state index in [2.05, 4.69) is 4.98 Å². The fourth-order valence-electron chi connectivity index (χ4n) is 1.98. The molecule has 0 saturated carbocycles. The van der Waals surface area contributed by atoms with Crippen LogP contribution in [-0.4, -0.2) is 65.5 Å². The molecule has 10 heteroatoms. The van der Waals surface area contributed by atoms with E-state index in [-0.39, 0.29) is 0 Å². The lowest BCUT2D eigenvalue weighted by atomic mass is 9.35. The molecule has 1 N–H and O–H groups in total. The number of aliphatic hydroxyl groups is 1. The zero-order chi connectivity index (χ0) is 17.7. The number of aromatic nitrogens is 1. The molecule has 1 atom stereocenters. The van der Waals surface area contributed by atoms with Crippen molar-refractivity contribution in [2.75, 3.05) is 0 Å². The van der Waals surface area contributed by atoms with Gasteiger partial charge in [-0.05, 0) is 33.8 Å². The summed E-state index contributed by atoms with van der Waals surface area (Å²) in [5.74, 6) is 0.325. The van der Waals surface area contributed by atoms with E-state index in [0.29, 0.717) is 11.3 Å². The molecule has 1 unspecified atom stereocenters. The molecule has 2 rings (SSSR count). The minimum atomic E-state index is -1.38. The molecule has 0 aliphatic carbocycles. The molecule has 23 heavy (non-hydrogen) atoms. The number of pyridine rings is 1. The van der Waals surface area contributed by atoms with Gasteiger partial charge in [-0.2, -0.15) is 0 Å². The summed E-state index contributed by atoms with van der Waals surface area (Å²) in [5, 5.41) is 10.2. The number of rotatable bonds is 4. The normalized spacial score (nSPS) is 22.6. The SMILES string of the molecule is BC(B)(B)C(B)(O)Oc1ncccc1B1OC(C)(C)C(C)(C)O1. The number of ether oxygens (including phenoxy) is 1. The summed E-state index contributed by atoms with van der Waals surface area (Å²) in [4.78, 5) is 4.28. The Labute approximate surface area is 142 Å². The van der Waals surface area contributed by atoms with Crippen molar-refractivity contribution in [2.24, 2.45) is 0 Å². The minimum absolute atomic E-state index is 0.325. The van der Waals surface area contributed by atoms with Gasteiger partial charge in [-0.3, -0.25) is 0 Å². The van der Waals surface area contributed by atoms with Gasteiger partial charge in [0, 0.05) is 11.7 Å². The first-order valence-electron chi connectivity index (χ1n) is 7.99. The number of nitrogens with zero attached hydrogens (tertiary/aromatic N) is 1. The van der Waals surface area contributed by atoms with Crippen molar-refractivity contribution in [1.29, 1.82) is 0 Å². The fraction of sp³-hybridized carbons (Fsp3) is 0.615. The maximum Gasteiger partial charge on any atom is 0.500 e. The van der Waals surface area contributed by atoms with Gasteiger partial charge < -0.3 is 19.2 Å². The Kier molecular flexibility index (Phi) is 4.51. The van der Waals surface area contributed by atoms with Gasteiger partial charge in [0.1, 0.15) is 0 Å². The second-order valence-electron chi connectivity index (χ2n) is 8.32. The van der Waals surface area contributed by atoms with Crippen molar-refractivity contribution >= 4 is 44.0 Å². The van der Waals surface area contributed by atoms with E-state index in [1.54, 1.807) is 20.1 Å². The van der Waals surface area contributed by atoms with Crippen LogP contribution in [0.5, 0.6) is 5.88 Å². The summed E-state index contributed by atoms with van der Waals surface area (Å²) in [6.45, 7) is 7.98. The largest absolute Gasteiger partial charge is 0.500 e. The molecule has 1 aromatic heterocycles. The first-order valence-corrected chi connectivity index (χ1v) is 7.99. The lowest BCUT2D eigenvalue weighted by Crippen LogP contribution is -2.51. The average Bonchev–Trinajstić information content (AvgIpc) is 2.57. The summed E-state index contributed by atoms with van der Waals surface area (Å²) >= 11 is 0. The van der Waals surface area contributed by atoms with Crippen molar-refractivity contribution in [3.8, 4) is 5.88 Å². The zero-order valence-corrected chi connectivity index (χ0v) is 15.4. The molecule has 0 radical (unpaired) electrons. The fourth-order valence-corrected chi connectivity index (χ4v) is 1.98. The molecule has 0 aromatic carbocycles. The van der Waals surface area contributed by atoms with Gasteiger partial charge in [-0.25, -0.2) is 4.98 Å². The van der Waals surface area contributed by atoms with Gasteiger partial charge in [0.25, 0.3) is 0 Å². The second-order valence-corrected chi connectivity index (χ2v) is 8.32. The van der Waals surface area contributed by atoms with Crippen molar-refractivity contribution in [3.63, 3.8) is 0 Å². The third-order valence-corrected chi connectivity index (χ3v) is 4.99. The average molecular weight is 312 g/mol. The van der Waals surface area contributed by atoms with Crippen LogP contribution in [-0.2, 0) is 9.31 Å². The van der Waals surface area contributed by atoms with Crippen LogP contribution >= 0.6 is 0 Å². The molecule has 1 aliphatic rings. The smallest absolute Gasteiger partial charge is 0.457 e. The third-order valence-electron chi connectivity index (χ3n) is 4.99. The van der Waals surface area contributed by atoms with Crippen molar-refractivity contribution in [3.05, 3.63) is 18.3 Å². The molecule has 5 nitrogen and oxygen atoms in total. The van der Waals surface area contributed by atoms with Crippen molar-refractivity contribution in [1.82, 2.24) is 4.98 Å². The monoisotopic (exact) mass is 313 g/mol. The van der Waals surface area contributed by atoms with Crippen LogP contribution < -0.4 is 10.2 Å². The molecule has 1 aliphatic heterocycles. The van der Waals surface area contributed by atoms with E-state index < -0.39 is 29.1 Å². The lowest BCUT2D eigenvalue weighted by molar-refractivity contribution is -0.0625. The molecular weight excluding hydrogens is 288 g/mol. The van der Waals surface area contributed by atoms with E-state index in [4.69, 9.17) is 14.0 Å². The summed E-state index contributed by atoms with van der Waals surface area (Å²) in [6, 6.07) is 3.66. The lowest BCUT2D eigenvalue weighted by Gasteiger charge is -2.38. The van der Waals surface area contributed by atoms with Crippen LogP contribution in [0.25, 0.3) is 0 Å². The minimum Gasteiger partial charge on any atom is -0.457 e. The Hall–Kier alpha value is -0.845. The Morgan fingerprint density at radius 2 is 1.65 bits per heavy atom. The van der Waals surface area contributed by atoms with E-state index in [1.807, 2.05) is 57.3 Å². The summed E-state index contributed by atoms with van der Waals surface area (Å²) < 4.78 is 18.0. The van der Waals surface area contributed by atoms with Gasteiger partial charge in [0.2, 0.25) is 5.88 Å². The van der Waals surface area contributed by atoms with Crippen molar-refractivity contribution < 1.29 is 19.2 Å².